The molecule has 240 valence electrons. The molecule has 3 fully saturated rings. The molecule has 6 atom stereocenters. The molecule has 0 saturated carbocycles. The summed E-state index contributed by atoms with van der Waals surface area (Å²) in [7, 11) is 0. The van der Waals surface area contributed by atoms with Gasteiger partial charge in [-0.25, -0.2) is 0 Å². The summed E-state index contributed by atoms with van der Waals surface area (Å²) in [5, 5.41) is 10.4. The third-order valence-electron chi connectivity index (χ3n) is 9.60. The van der Waals surface area contributed by atoms with Gasteiger partial charge in [-0.15, -0.1) is 13.2 Å². The number of aliphatic hydroxyl groups excluding tert-OH is 1. The van der Waals surface area contributed by atoms with Crippen molar-refractivity contribution in [3.05, 3.63) is 78.9 Å². The normalized spacial score (nSPS) is 25.5. The number of rotatable bonds is 13. The number of aliphatic hydroxyl groups is 1. The van der Waals surface area contributed by atoms with Crippen LogP contribution in [0.25, 0.3) is 0 Å². The van der Waals surface area contributed by atoms with E-state index in [4.69, 9.17) is 9.47 Å². The molecule has 2 aromatic rings. The van der Waals surface area contributed by atoms with Crippen molar-refractivity contribution in [3.63, 3.8) is 0 Å². The lowest BCUT2D eigenvalue weighted by Gasteiger charge is -2.39. The molecule has 3 heterocycles. The van der Waals surface area contributed by atoms with Gasteiger partial charge in [0.25, 0.3) is 5.91 Å². The molecular weight excluding hydrogens is 570 g/mol. The zero-order valence-electron chi connectivity index (χ0n) is 26.8. The molecule has 9 nitrogen and oxygen atoms in total. The van der Waals surface area contributed by atoms with Gasteiger partial charge in [0.05, 0.1) is 37.2 Å². The second kappa shape index (κ2) is 13.2. The van der Waals surface area contributed by atoms with Gasteiger partial charge in [-0.05, 0) is 81.5 Å². The minimum atomic E-state index is -1.20. The van der Waals surface area contributed by atoms with Crippen LogP contribution >= 0.6 is 0 Å². The molecule has 1 spiro atoms. The average Bonchev–Trinajstić information content (AvgIpc) is 3.68. The van der Waals surface area contributed by atoms with Gasteiger partial charge in [-0.1, -0.05) is 31.2 Å². The first-order chi connectivity index (χ1) is 21.7. The van der Waals surface area contributed by atoms with Crippen LogP contribution in [0.15, 0.2) is 67.8 Å². The quantitative estimate of drug-likeness (QED) is 0.331. The SMILES string of the molecule is C=CCN(C(=O)[C@@H]1[C@H]2C(=O)N([C@@H](CC)CO)C(C(=O)N(CC=C)c3cc(C)ccc3C)C23CC[C@H]1O3)c1ccc(OCC)cc1. The highest BCUT2D eigenvalue weighted by Crippen LogP contribution is 2.59. The number of ether oxygens (including phenoxy) is 2. The Balaban J connectivity index is 1.58. The Labute approximate surface area is 266 Å². The van der Waals surface area contributed by atoms with Gasteiger partial charge in [0, 0.05) is 24.5 Å². The number of fused-ring (bicyclic) bond motifs is 1. The molecule has 1 N–H and O–H groups in total. The second-order valence-electron chi connectivity index (χ2n) is 12.2. The van der Waals surface area contributed by atoms with Gasteiger partial charge < -0.3 is 29.3 Å². The van der Waals surface area contributed by atoms with Gasteiger partial charge in [0.2, 0.25) is 11.8 Å². The number of benzene rings is 2. The number of carbonyl (C=O) groups excluding carboxylic acids is 3. The molecule has 3 aliphatic heterocycles. The summed E-state index contributed by atoms with van der Waals surface area (Å²) in [6, 6.07) is 11.6. The van der Waals surface area contributed by atoms with E-state index in [0.717, 1.165) is 16.8 Å². The lowest BCUT2D eigenvalue weighted by atomic mass is 9.70. The van der Waals surface area contributed by atoms with Crippen molar-refractivity contribution in [1.29, 1.82) is 0 Å². The predicted molar refractivity (Wildman–Crippen MR) is 174 cm³/mol. The summed E-state index contributed by atoms with van der Waals surface area (Å²) in [6.45, 7) is 16.2. The van der Waals surface area contributed by atoms with Crippen LogP contribution in [0.3, 0.4) is 0 Å². The minimum absolute atomic E-state index is 0.231. The van der Waals surface area contributed by atoms with Gasteiger partial charge in [-0.2, -0.15) is 0 Å². The largest absolute Gasteiger partial charge is 0.494 e. The van der Waals surface area contributed by atoms with Gasteiger partial charge in [0.15, 0.2) is 0 Å². The molecule has 0 aromatic heterocycles. The number of aryl methyl sites for hydroxylation is 2. The number of carbonyl (C=O) groups is 3. The monoisotopic (exact) mass is 615 g/mol. The van der Waals surface area contributed by atoms with Crippen molar-refractivity contribution in [2.45, 2.75) is 70.7 Å². The Morgan fingerprint density at radius 2 is 1.78 bits per heavy atom. The Kier molecular flexibility index (Phi) is 9.51. The van der Waals surface area contributed by atoms with Crippen LogP contribution in [-0.2, 0) is 19.1 Å². The minimum Gasteiger partial charge on any atom is -0.494 e. The predicted octanol–water partition coefficient (Wildman–Crippen LogP) is 4.59. The number of nitrogens with zero attached hydrogens (tertiary/aromatic N) is 3. The van der Waals surface area contributed by atoms with Crippen molar-refractivity contribution in [1.82, 2.24) is 4.90 Å². The van der Waals surface area contributed by atoms with Gasteiger partial charge >= 0.3 is 0 Å². The Bertz CT molecular complexity index is 1450. The highest BCUT2D eigenvalue weighted by Gasteiger charge is 2.75. The zero-order chi connectivity index (χ0) is 32.5. The molecule has 2 aromatic carbocycles. The van der Waals surface area contributed by atoms with Crippen LogP contribution in [-0.4, -0.2) is 77.8 Å². The molecular formula is C36H45N3O6. The van der Waals surface area contributed by atoms with Crippen LogP contribution in [0.1, 0.15) is 44.2 Å². The maximum atomic E-state index is 14.8. The van der Waals surface area contributed by atoms with Crippen LogP contribution in [0.4, 0.5) is 11.4 Å². The summed E-state index contributed by atoms with van der Waals surface area (Å²) < 4.78 is 12.3. The van der Waals surface area contributed by atoms with Crippen LogP contribution in [0.5, 0.6) is 5.75 Å². The van der Waals surface area contributed by atoms with E-state index in [1.807, 2.05) is 70.2 Å². The van der Waals surface area contributed by atoms with Crippen LogP contribution < -0.4 is 14.5 Å². The maximum absolute atomic E-state index is 14.8. The van der Waals surface area contributed by atoms with E-state index in [9.17, 15) is 19.5 Å². The Hall–Kier alpha value is -3.95. The number of hydrogen-bond donors (Lipinski definition) is 1. The smallest absolute Gasteiger partial charge is 0.253 e. The van der Waals surface area contributed by atoms with Gasteiger partial charge in [-0.3, -0.25) is 14.4 Å². The Morgan fingerprint density at radius 1 is 1.09 bits per heavy atom. The summed E-state index contributed by atoms with van der Waals surface area (Å²) >= 11 is 0. The lowest BCUT2D eigenvalue weighted by molar-refractivity contribution is -0.144. The van der Waals surface area contributed by atoms with Crippen molar-refractivity contribution in [2.24, 2.45) is 11.8 Å². The highest BCUT2D eigenvalue weighted by molar-refractivity contribution is 6.07. The molecule has 0 aliphatic carbocycles. The average molecular weight is 616 g/mol. The highest BCUT2D eigenvalue weighted by atomic mass is 16.5. The molecule has 3 saturated heterocycles. The van der Waals surface area contributed by atoms with Crippen molar-refractivity contribution < 1.29 is 29.0 Å². The molecule has 5 rings (SSSR count). The van der Waals surface area contributed by atoms with Crippen molar-refractivity contribution in [3.8, 4) is 5.75 Å². The third-order valence-corrected chi connectivity index (χ3v) is 9.60. The molecule has 0 radical (unpaired) electrons. The first-order valence-corrected chi connectivity index (χ1v) is 15.9. The van der Waals surface area contributed by atoms with E-state index in [0.29, 0.717) is 37.3 Å². The Morgan fingerprint density at radius 3 is 2.40 bits per heavy atom. The molecule has 2 bridgehead atoms. The number of anilines is 2. The first kappa shape index (κ1) is 32.4. The second-order valence-corrected chi connectivity index (χ2v) is 12.2. The van der Waals surface area contributed by atoms with E-state index in [1.165, 1.54) is 4.90 Å². The van der Waals surface area contributed by atoms with E-state index in [2.05, 4.69) is 13.2 Å². The fraction of sp³-hybridized carbons (Fsp3) is 0.472. The summed E-state index contributed by atoms with van der Waals surface area (Å²) in [6.07, 6.45) is 4.26. The van der Waals surface area contributed by atoms with E-state index < -0.39 is 35.6 Å². The standard InChI is InChI=1S/C36H45N3O6/c1-7-19-37(26-13-15-27(16-14-26)44-10-4)33(41)30-29-17-18-36(45-29)31(30)34(42)39(25(9-3)22-40)32(36)35(43)38(20-8-2)28-21-23(5)11-12-24(28)6/h7-8,11-16,21,25,29-32,40H,1-2,9-10,17-20,22H2,3-6H3/t25-,29+,30-,31-,32?,36?/m0/s1. The van der Waals surface area contributed by atoms with Crippen LogP contribution in [0, 0.1) is 25.7 Å². The maximum Gasteiger partial charge on any atom is 0.253 e. The van der Waals surface area contributed by atoms with E-state index >= 15 is 0 Å². The molecule has 3 amide bonds. The molecule has 3 aliphatic rings. The third kappa shape index (κ3) is 5.46. The van der Waals surface area contributed by atoms with Crippen molar-refractivity contribution >= 4 is 29.1 Å². The summed E-state index contributed by atoms with van der Waals surface area (Å²) in [4.78, 5) is 48.7. The fourth-order valence-corrected chi connectivity index (χ4v) is 7.57. The van der Waals surface area contributed by atoms with E-state index in [1.54, 1.807) is 22.0 Å². The number of hydrogen-bond acceptors (Lipinski definition) is 6. The topological polar surface area (TPSA) is 99.6 Å². The fourth-order valence-electron chi connectivity index (χ4n) is 7.57. The van der Waals surface area contributed by atoms with E-state index in [-0.39, 0.29) is 37.4 Å². The van der Waals surface area contributed by atoms with Crippen LogP contribution in [0.2, 0.25) is 0 Å². The summed E-state index contributed by atoms with van der Waals surface area (Å²) in [5.41, 5.74) is 2.10. The summed E-state index contributed by atoms with van der Waals surface area (Å²) in [5.74, 6) is -1.82. The lowest BCUT2D eigenvalue weighted by Crippen LogP contribution is -2.59. The van der Waals surface area contributed by atoms with Crippen molar-refractivity contribution in [2.75, 3.05) is 36.1 Å². The molecule has 2 unspecified atom stereocenters. The van der Waals surface area contributed by atoms with Gasteiger partial charge in [0.1, 0.15) is 17.4 Å². The molecule has 45 heavy (non-hydrogen) atoms. The zero-order valence-corrected chi connectivity index (χ0v) is 26.8. The molecule has 9 heteroatoms. The number of likely N-dealkylation sites (tertiary alicyclic amines) is 1. The number of amides is 3. The first-order valence-electron chi connectivity index (χ1n) is 15.9.